The lowest BCUT2D eigenvalue weighted by Gasteiger charge is -2.16. The summed E-state index contributed by atoms with van der Waals surface area (Å²) in [6, 6.07) is 10.2. The van der Waals surface area contributed by atoms with Crippen LogP contribution in [0.25, 0.3) is 22.3 Å². The number of rotatable bonds is 4. The highest BCUT2D eigenvalue weighted by atomic mass is 16.1. The molecule has 2 aliphatic rings. The highest BCUT2D eigenvalue weighted by Gasteiger charge is 2.29. The maximum absolute atomic E-state index is 12.0. The van der Waals surface area contributed by atoms with Crippen molar-refractivity contribution < 1.29 is 4.79 Å². The van der Waals surface area contributed by atoms with Crippen molar-refractivity contribution in [2.45, 2.75) is 31.6 Å². The predicted octanol–water partition coefficient (Wildman–Crippen LogP) is 3.11. The molecule has 0 atom stereocenters. The molecule has 6 rings (SSSR count). The molecule has 4 aromatic rings. The smallest absolute Gasteiger partial charge is 0.251 e. The van der Waals surface area contributed by atoms with Crippen molar-refractivity contribution in [2.24, 2.45) is 7.05 Å². The van der Waals surface area contributed by atoms with Crippen LogP contribution in [0.1, 0.15) is 51.6 Å². The summed E-state index contributed by atoms with van der Waals surface area (Å²) in [5.74, 6) is 2.27. The van der Waals surface area contributed by atoms with Gasteiger partial charge in [-0.05, 0) is 60.1 Å². The quantitative estimate of drug-likeness (QED) is 0.553. The average Bonchev–Trinajstić information content (AvgIpc) is 3.36. The number of aromatic nitrogens is 5. The van der Waals surface area contributed by atoms with Gasteiger partial charge in [0.15, 0.2) is 5.82 Å². The van der Waals surface area contributed by atoms with E-state index in [2.05, 4.69) is 38.8 Å². The van der Waals surface area contributed by atoms with Gasteiger partial charge in [-0.2, -0.15) is 10.2 Å². The molecule has 7 heteroatoms. The van der Waals surface area contributed by atoms with E-state index in [-0.39, 0.29) is 5.91 Å². The number of benzene rings is 2. The fraction of sp³-hybridized carbons (Fsp3) is 0.304. The van der Waals surface area contributed by atoms with Crippen LogP contribution in [0.4, 0.5) is 0 Å². The molecule has 1 fully saturated rings. The maximum atomic E-state index is 12.0. The third-order valence-corrected chi connectivity index (χ3v) is 6.23. The number of aryl methyl sites for hydroxylation is 1. The fourth-order valence-corrected chi connectivity index (χ4v) is 4.52. The van der Waals surface area contributed by atoms with Crippen molar-refractivity contribution in [3.05, 3.63) is 64.6 Å². The molecule has 1 aliphatic carbocycles. The van der Waals surface area contributed by atoms with Crippen molar-refractivity contribution in [2.75, 3.05) is 6.54 Å². The van der Waals surface area contributed by atoms with E-state index in [4.69, 9.17) is 4.98 Å². The van der Waals surface area contributed by atoms with Gasteiger partial charge in [-0.15, -0.1) is 0 Å². The standard InChI is InChI=1S/C23H22N6O/c1-29-20(11-15-5-7-19-18(12-25-27-19)21(15)13-2-3-13)26-22(28-29)16-4-6-17-14(10-16)8-9-24-23(17)30/h4-7,10,12-13H,2-3,8-9,11H2,1H3,(H,24,30)(H,25,27). The van der Waals surface area contributed by atoms with Crippen LogP contribution < -0.4 is 5.32 Å². The molecule has 0 bridgehead atoms. The van der Waals surface area contributed by atoms with Crippen LogP contribution in [0.2, 0.25) is 0 Å². The number of nitrogens with zero attached hydrogens (tertiary/aromatic N) is 4. The summed E-state index contributed by atoms with van der Waals surface area (Å²) in [4.78, 5) is 16.9. The zero-order valence-electron chi connectivity index (χ0n) is 16.8. The zero-order valence-corrected chi connectivity index (χ0v) is 16.8. The number of fused-ring (bicyclic) bond motifs is 2. The van der Waals surface area contributed by atoms with Gasteiger partial charge < -0.3 is 5.32 Å². The first-order valence-corrected chi connectivity index (χ1v) is 10.4. The summed E-state index contributed by atoms with van der Waals surface area (Å²) in [6.07, 6.45) is 6.00. The molecule has 2 aromatic heterocycles. The number of amides is 1. The Balaban J connectivity index is 1.36. The van der Waals surface area contributed by atoms with Crippen molar-refractivity contribution in [1.29, 1.82) is 0 Å². The van der Waals surface area contributed by atoms with Gasteiger partial charge in [0.1, 0.15) is 5.82 Å². The Labute approximate surface area is 173 Å². The van der Waals surface area contributed by atoms with Crippen molar-refractivity contribution >= 4 is 16.8 Å². The van der Waals surface area contributed by atoms with E-state index < -0.39 is 0 Å². The Morgan fingerprint density at radius 1 is 1.20 bits per heavy atom. The number of hydrogen-bond donors (Lipinski definition) is 2. The Morgan fingerprint density at radius 3 is 2.97 bits per heavy atom. The largest absolute Gasteiger partial charge is 0.352 e. The Morgan fingerprint density at radius 2 is 2.10 bits per heavy atom. The van der Waals surface area contributed by atoms with Crippen LogP contribution in [0.3, 0.4) is 0 Å². The van der Waals surface area contributed by atoms with E-state index in [0.717, 1.165) is 40.9 Å². The zero-order chi connectivity index (χ0) is 20.2. The summed E-state index contributed by atoms with van der Waals surface area (Å²) < 4.78 is 1.87. The average molecular weight is 398 g/mol. The molecule has 1 amide bonds. The van der Waals surface area contributed by atoms with E-state index in [9.17, 15) is 4.79 Å². The Bertz CT molecular complexity index is 1300. The minimum absolute atomic E-state index is 0.000265. The Kier molecular flexibility index (Phi) is 3.78. The van der Waals surface area contributed by atoms with E-state index >= 15 is 0 Å². The summed E-state index contributed by atoms with van der Waals surface area (Å²) in [6.45, 7) is 0.677. The third kappa shape index (κ3) is 2.81. The number of carbonyl (C=O) groups is 1. The van der Waals surface area contributed by atoms with E-state index in [0.29, 0.717) is 18.3 Å². The van der Waals surface area contributed by atoms with Crippen LogP contribution >= 0.6 is 0 Å². The lowest BCUT2D eigenvalue weighted by atomic mass is 9.96. The second kappa shape index (κ2) is 6.52. The topological polar surface area (TPSA) is 88.5 Å². The minimum atomic E-state index is -0.000265. The molecule has 0 spiro atoms. The molecule has 0 saturated heterocycles. The summed E-state index contributed by atoms with van der Waals surface area (Å²) in [5.41, 5.74) is 6.58. The Hall–Kier alpha value is -3.48. The monoisotopic (exact) mass is 398 g/mol. The molecule has 2 aromatic carbocycles. The predicted molar refractivity (Wildman–Crippen MR) is 113 cm³/mol. The minimum Gasteiger partial charge on any atom is -0.352 e. The van der Waals surface area contributed by atoms with Gasteiger partial charge in [0.05, 0.1) is 11.7 Å². The molecule has 30 heavy (non-hydrogen) atoms. The van der Waals surface area contributed by atoms with Gasteiger partial charge in [-0.1, -0.05) is 12.1 Å². The maximum Gasteiger partial charge on any atom is 0.251 e. The van der Waals surface area contributed by atoms with Crippen molar-refractivity contribution in [1.82, 2.24) is 30.3 Å². The van der Waals surface area contributed by atoms with E-state index in [1.165, 1.54) is 29.4 Å². The highest BCUT2D eigenvalue weighted by Crippen LogP contribution is 2.45. The number of carbonyl (C=O) groups excluding carboxylic acids is 1. The number of H-pyrrole nitrogens is 1. The SMILES string of the molecule is Cn1nc(-c2ccc3c(c2)CCNC3=O)nc1Cc1ccc2[nH]ncc2c1C1CC1. The summed E-state index contributed by atoms with van der Waals surface area (Å²) >= 11 is 0. The van der Waals surface area contributed by atoms with Gasteiger partial charge in [0.25, 0.3) is 5.91 Å². The van der Waals surface area contributed by atoms with Gasteiger partial charge >= 0.3 is 0 Å². The molecule has 150 valence electrons. The normalized spacial score (nSPS) is 16.0. The molecule has 2 N–H and O–H groups in total. The van der Waals surface area contributed by atoms with Gasteiger partial charge in [0, 0.05) is 36.5 Å². The molecule has 1 aliphatic heterocycles. The first-order chi connectivity index (χ1) is 14.7. The molecule has 1 saturated carbocycles. The second-order valence-electron chi connectivity index (χ2n) is 8.27. The van der Waals surface area contributed by atoms with Gasteiger partial charge in [-0.25, -0.2) is 4.98 Å². The molecule has 3 heterocycles. The van der Waals surface area contributed by atoms with Crippen LogP contribution in [-0.4, -0.2) is 37.4 Å². The van der Waals surface area contributed by atoms with Crippen molar-refractivity contribution in [3.63, 3.8) is 0 Å². The fourth-order valence-electron chi connectivity index (χ4n) is 4.52. The third-order valence-electron chi connectivity index (χ3n) is 6.23. The molecule has 7 nitrogen and oxygen atoms in total. The van der Waals surface area contributed by atoms with E-state index in [1.54, 1.807) is 0 Å². The van der Waals surface area contributed by atoms with Crippen LogP contribution in [0, 0.1) is 0 Å². The summed E-state index contributed by atoms with van der Waals surface area (Å²) in [7, 11) is 1.95. The van der Waals surface area contributed by atoms with Crippen molar-refractivity contribution in [3.8, 4) is 11.4 Å². The van der Waals surface area contributed by atoms with Crippen LogP contribution in [0.5, 0.6) is 0 Å². The number of hydrogen-bond acceptors (Lipinski definition) is 4. The molecular weight excluding hydrogens is 376 g/mol. The number of aromatic amines is 1. The van der Waals surface area contributed by atoms with Crippen LogP contribution in [-0.2, 0) is 19.9 Å². The lowest BCUT2D eigenvalue weighted by Crippen LogP contribution is -2.31. The molecule has 0 unspecified atom stereocenters. The first-order valence-electron chi connectivity index (χ1n) is 10.4. The molecular formula is C23H22N6O. The van der Waals surface area contributed by atoms with Crippen LogP contribution in [0.15, 0.2) is 36.5 Å². The van der Waals surface area contributed by atoms with Gasteiger partial charge in [-0.3, -0.25) is 14.6 Å². The first kappa shape index (κ1) is 17.4. The second-order valence-corrected chi connectivity index (χ2v) is 8.27. The lowest BCUT2D eigenvalue weighted by molar-refractivity contribution is 0.0946. The number of nitrogens with one attached hydrogen (secondary N) is 2. The summed E-state index contributed by atoms with van der Waals surface area (Å²) in [5, 5.41) is 16.1. The van der Waals surface area contributed by atoms with E-state index in [1.807, 2.05) is 30.1 Å². The highest BCUT2D eigenvalue weighted by molar-refractivity contribution is 5.97. The molecule has 0 radical (unpaired) electrons. The van der Waals surface area contributed by atoms with Gasteiger partial charge in [0.2, 0.25) is 0 Å².